The molecule has 1 aromatic rings. The Balaban J connectivity index is 1.97. The van der Waals surface area contributed by atoms with Gasteiger partial charge in [0.05, 0.1) is 5.92 Å². The third kappa shape index (κ3) is 3.46. The molecule has 2 heterocycles. The highest BCUT2D eigenvalue weighted by Crippen LogP contribution is 2.19. The Morgan fingerprint density at radius 3 is 2.65 bits per heavy atom. The zero-order valence-corrected chi connectivity index (χ0v) is 13.2. The number of anilines is 1. The fourth-order valence-electron chi connectivity index (χ4n) is 2.26. The molecule has 1 amide bonds. The van der Waals surface area contributed by atoms with Gasteiger partial charge in [0, 0.05) is 43.8 Å². The van der Waals surface area contributed by atoms with Crippen molar-refractivity contribution in [3.63, 3.8) is 0 Å². The molecule has 0 aliphatic carbocycles. The van der Waals surface area contributed by atoms with E-state index in [2.05, 4.69) is 14.3 Å². The van der Waals surface area contributed by atoms with Crippen LogP contribution in [0.4, 0.5) is 5.13 Å². The molecule has 2 rings (SSSR count). The topological polar surface area (TPSA) is 75.4 Å². The molecule has 0 saturated carbocycles. The molecule has 1 saturated heterocycles. The summed E-state index contributed by atoms with van der Waals surface area (Å²) in [6, 6.07) is -0.104. The van der Waals surface area contributed by atoms with Gasteiger partial charge in [-0.15, -0.1) is 0 Å². The van der Waals surface area contributed by atoms with Gasteiger partial charge in [-0.3, -0.25) is 4.79 Å². The van der Waals surface area contributed by atoms with E-state index in [9.17, 15) is 4.79 Å². The van der Waals surface area contributed by atoms with Crippen LogP contribution in [0.3, 0.4) is 0 Å². The SMILES string of the molecule is Cc1nsc(N2CCCN(C(=O)C(C)C(C)N)CC2)n1. The standard InChI is InChI=1S/C13H23N5OS/c1-9(10(2)14)12(19)17-5-4-6-18(8-7-17)13-15-11(3)16-20-13/h9-10H,4-8,14H2,1-3H3. The van der Waals surface area contributed by atoms with E-state index in [1.54, 1.807) is 0 Å². The first-order chi connectivity index (χ1) is 9.49. The number of amides is 1. The molecule has 0 aromatic carbocycles. The Labute approximate surface area is 124 Å². The summed E-state index contributed by atoms with van der Waals surface area (Å²) in [4.78, 5) is 20.9. The van der Waals surface area contributed by atoms with Crippen molar-refractivity contribution < 1.29 is 4.79 Å². The van der Waals surface area contributed by atoms with Crippen molar-refractivity contribution in [2.24, 2.45) is 11.7 Å². The zero-order chi connectivity index (χ0) is 14.7. The normalized spacial score (nSPS) is 19.6. The minimum Gasteiger partial charge on any atom is -0.345 e. The Morgan fingerprint density at radius 1 is 1.30 bits per heavy atom. The highest BCUT2D eigenvalue weighted by atomic mass is 32.1. The fraction of sp³-hybridized carbons (Fsp3) is 0.769. The smallest absolute Gasteiger partial charge is 0.227 e. The first-order valence-electron chi connectivity index (χ1n) is 7.08. The minimum absolute atomic E-state index is 0.104. The number of rotatable bonds is 3. The molecule has 0 bridgehead atoms. The van der Waals surface area contributed by atoms with Crippen molar-refractivity contribution in [2.45, 2.75) is 33.2 Å². The van der Waals surface area contributed by atoms with Gasteiger partial charge in [0.2, 0.25) is 11.0 Å². The highest BCUT2D eigenvalue weighted by molar-refractivity contribution is 7.09. The molecule has 2 unspecified atom stereocenters. The van der Waals surface area contributed by atoms with Crippen LogP contribution in [-0.4, -0.2) is 52.4 Å². The van der Waals surface area contributed by atoms with E-state index in [1.807, 2.05) is 25.7 Å². The number of carbonyl (C=O) groups excluding carboxylic acids is 1. The zero-order valence-electron chi connectivity index (χ0n) is 12.4. The third-order valence-corrected chi connectivity index (χ3v) is 4.64. The predicted molar refractivity (Wildman–Crippen MR) is 80.9 cm³/mol. The van der Waals surface area contributed by atoms with E-state index in [-0.39, 0.29) is 17.9 Å². The average molecular weight is 297 g/mol. The van der Waals surface area contributed by atoms with Gasteiger partial charge in [0.25, 0.3) is 0 Å². The maximum Gasteiger partial charge on any atom is 0.227 e. The van der Waals surface area contributed by atoms with Crippen LogP contribution in [0, 0.1) is 12.8 Å². The lowest BCUT2D eigenvalue weighted by Crippen LogP contribution is -2.43. The molecule has 1 aliphatic rings. The molecule has 0 spiro atoms. The molecular formula is C13H23N5OS. The minimum atomic E-state index is -0.120. The molecule has 2 atom stereocenters. The average Bonchev–Trinajstić information content (AvgIpc) is 2.71. The summed E-state index contributed by atoms with van der Waals surface area (Å²) < 4.78 is 4.22. The Hall–Kier alpha value is -1.21. The van der Waals surface area contributed by atoms with Gasteiger partial charge in [-0.25, -0.2) is 4.98 Å². The van der Waals surface area contributed by atoms with Gasteiger partial charge in [-0.05, 0) is 20.3 Å². The maximum absolute atomic E-state index is 12.3. The summed E-state index contributed by atoms with van der Waals surface area (Å²) in [5, 5.41) is 0.956. The van der Waals surface area contributed by atoms with E-state index >= 15 is 0 Å². The lowest BCUT2D eigenvalue weighted by atomic mass is 10.0. The summed E-state index contributed by atoms with van der Waals surface area (Å²) in [6.07, 6.45) is 0.954. The fourth-order valence-corrected chi connectivity index (χ4v) is 2.98. The van der Waals surface area contributed by atoms with Crippen LogP contribution in [0.2, 0.25) is 0 Å². The van der Waals surface area contributed by atoms with Gasteiger partial charge >= 0.3 is 0 Å². The third-order valence-electron chi connectivity index (χ3n) is 3.77. The van der Waals surface area contributed by atoms with Crippen molar-refractivity contribution >= 4 is 22.6 Å². The van der Waals surface area contributed by atoms with E-state index < -0.39 is 0 Å². The summed E-state index contributed by atoms with van der Waals surface area (Å²) in [5.74, 6) is 0.855. The van der Waals surface area contributed by atoms with Gasteiger partial charge < -0.3 is 15.5 Å². The summed E-state index contributed by atoms with van der Waals surface area (Å²) in [5.41, 5.74) is 5.83. The van der Waals surface area contributed by atoms with Gasteiger partial charge in [0.15, 0.2) is 0 Å². The highest BCUT2D eigenvalue weighted by Gasteiger charge is 2.26. The monoisotopic (exact) mass is 297 g/mol. The molecule has 0 radical (unpaired) electrons. The van der Waals surface area contributed by atoms with Crippen LogP contribution in [0.5, 0.6) is 0 Å². The summed E-state index contributed by atoms with van der Waals surface area (Å²) in [6.45, 7) is 8.95. The molecule has 1 fully saturated rings. The Morgan fingerprint density at radius 2 is 2.05 bits per heavy atom. The van der Waals surface area contributed by atoms with Crippen molar-refractivity contribution in [2.75, 3.05) is 31.1 Å². The predicted octanol–water partition coefficient (Wildman–Crippen LogP) is 0.869. The van der Waals surface area contributed by atoms with E-state index in [0.29, 0.717) is 0 Å². The first-order valence-corrected chi connectivity index (χ1v) is 7.86. The number of aromatic nitrogens is 2. The van der Waals surface area contributed by atoms with Gasteiger partial charge in [0.1, 0.15) is 5.82 Å². The van der Waals surface area contributed by atoms with Crippen LogP contribution in [-0.2, 0) is 4.79 Å². The largest absolute Gasteiger partial charge is 0.345 e. The number of aryl methyl sites for hydroxylation is 1. The second-order valence-electron chi connectivity index (χ2n) is 5.44. The lowest BCUT2D eigenvalue weighted by Gasteiger charge is -2.26. The molecule has 1 aliphatic heterocycles. The number of carbonyl (C=O) groups is 1. The molecule has 20 heavy (non-hydrogen) atoms. The van der Waals surface area contributed by atoms with Gasteiger partial charge in [-0.1, -0.05) is 6.92 Å². The second-order valence-corrected chi connectivity index (χ2v) is 6.17. The van der Waals surface area contributed by atoms with E-state index in [4.69, 9.17) is 5.73 Å². The Bertz CT molecular complexity index is 461. The molecule has 1 aromatic heterocycles. The number of hydrogen-bond donors (Lipinski definition) is 1. The van der Waals surface area contributed by atoms with Crippen LogP contribution in [0.25, 0.3) is 0 Å². The summed E-state index contributed by atoms with van der Waals surface area (Å²) in [7, 11) is 0. The van der Waals surface area contributed by atoms with Crippen molar-refractivity contribution in [1.82, 2.24) is 14.3 Å². The molecule has 112 valence electrons. The number of nitrogens with zero attached hydrogens (tertiary/aromatic N) is 4. The van der Waals surface area contributed by atoms with Crippen LogP contribution >= 0.6 is 11.5 Å². The molecule has 6 nitrogen and oxygen atoms in total. The van der Waals surface area contributed by atoms with E-state index in [0.717, 1.165) is 43.6 Å². The molecular weight excluding hydrogens is 274 g/mol. The first kappa shape index (κ1) is 15.2. The van der Waals surface area contributed by atoms with Crippen molar-refractivity contribution in [3.8, 4) is 0 Å². The lowest BCUT2D eigenvalue weighted by molar-refractivity contribution is -0.135. The Kier molecular flexibility index (Phi) is 4.93. The second kappa shape index (κ2) is 6.49. The van der Waals surface area contributed by atoms with Crippen LogP contribution < -0.4 is 10.6 Å². The molecule has 7 heteroatoms. The van der Waals surface area contributed by atoms with Crippen LogP contribution in [0.1, 0.15) is 26.1 Å². The van der Waals surface area contributed by atoms with E-state index in [1.165, 1.54) is 11.5 Å². The van der Waals surface area contributed by atoms with Crippen molar-refractivity contribution in [1.29, 1.82) is 0 Å². The van der Waals surface area contributed by atoms with Crippen LogP contribution in [0.15, 0.2) is 0 Å². The summed E-state index contributed by atoms with van der Waals surface area (Å²) >= 11 is 1.43. The van der Waals surface area contributed by atoms with Crippen molar-refractivity contribution in [3.05, 3.63) is 5.82 Å². The van der Waals surface area contributed by atoms with Gasteiger partial charge in [-0.2, -0.15) is 4.37 Å². The quantitative estimate of drug-likeness (QED) is 0.896. The number of nitrogens with two attached hydrogens (primary N) is 1. The maximum atomic E-state index is 12.3. The molecule has 2 N–H and O–H groups in total. The number of hydrogen-bond acceptors (Lipinski definition) is 6.